The van der Waals surface area contributed by atoms with Gasteiger partial charge in [0.15, 0.2) is 0 Å². The number of amides is 2. The normalized spacial score (nSPS) is 22.3. The van der Waals surface area contributed by atoms with Gasteiger partial charge < -0.3 is 20.4 Å². The molecule has 1 fully saturated rings. The van der Waals surface area contributed by atoms with Gasteiger partial charge in [-0.1, -0.05) is 12.1 Å². The summed E-state index contributed by atoms with van der Waals surface area (Å²) in [6.45, 7) is 3.84. The van der Waals surface area contributed by atoms with Crippen LogP contribution in [-0.2, 0) is 9.59 Å². The molecule has 0 unspecified atom stereocenters. The van der Waals surface area contributed by atoms with Gasteiger partial charge in [0.05, 0.1) is 18.1 Å². The summed E-state index contributed by atoms with van der Waals surface area (Å²) >= 11 is 0. The molecule has 3 atom stereocenters. The van der Waals surface area contributed by atoms with Gasteiger partial charge in [-0.25, -0.2) is 4.79 Å². The molecule has 0 bridgehead atoms. The van der Waals surface area contributed by atoms with E-state index in [0.29, 0.717) is 29.7 Å². The molecular formula is C18H20N2NaO5. The minimum absolute atomic E-state index is 0. The van der Waals surface area contributed by atoms with Crippen molar-refractivity contribution in [2.75, 3.05) is 6.54 Å². The number of aliphatic hydroxyl groups is 1. The molecule has 1 aromatic carbocycles. The smallest absolute Gasteiger partial charge is 0.352 e. The third-order valence-corrected chi connectivity index (χ3v) is 4.74. The number of hydrogen-bond donors (Lipinski definition) is 3. The summed E-state index contributed by atoms with van der Waals surface area (Å²) in [6, 6.07) is 6.37. The van der Waals surface area contributed by atoms with Crippen LogP contribution in [0.4, 0.5) is 0 Å². The van der Waals surface area contributed by atoms with Crippen molar-refractivity contribution < 1.29 is 24.6 Å². The van der Waals surface area contributed by atoms with E-state index in [2.05, 4.69) is 5.32 Å². The molecule has 0 saturated carbocycles. The summed E-state index contributed by atoms with van der Waals surface area (Å²) in [7, 11) is 0. The van der Waals surface area contributed by atoms with Crippen molar-refractivity contribution in [1.29, 1.82) is 0 Å². The van der Waals surface area contributed by atoms with Gasteiger partial charge in [0.1, 0.15) is 5.70 Å². The largest absolute Gasteiger partial charge is 0.477 e. The van der Waals surface area contributed by atoms with Gasteiger partial charge >= 0.3 is 5.97 Å². The summed E-state index contributed by atoms with van der Waals surface area (Å²) in [6.07, 6.45) is -0.480. The average Bonchev–Trinajstić information content (AvgIpc) is 2.90. The summed E-state index contributed by atoms with van der Waals surface area (Å²) in [4.78, 5) is 37.2. The van der Waals surface area contributed by atoms with Crippen LogP contribution in [0.5, 0.6) is 0 Å². The molecule has 2 amide bonds. The zero-order valence-electron chi connectivity index (χ0n) is 15.0. The van der Waals surface area contributed by atoms with Crippen LogP contribution >= 0.6 is 0 Å². The van der Waals surface area contributed by atoms with Crippen molar-refractivity contribution in [1.82, 2.24) is 10.2 Å². The van der Waals surface area contributed by atoms with Crippen molar-refractivity contribution in [3.05, 3.63) is 41.1 Å². The Morgan fingerprint density at radius 3 is 2.65 bits per heavy atom. The van der Waals surface area contributed by atoms with E-state index in [4.69, 9.17) is 0 Å². The van der Waals surface area contributed by atoms with Crippen molar-refractivity contribution in [2.45, 2.75) is 32.4 Å². The molecule has 8 heteroatoms. The fourth-order valence-corrected chi connectivity index (χ4v) is 3.64. The van der Waals surface area contributed by atoms with Gasteiger partial charge in [0.25, 0.3) is 5.91 Å². The van der Waals surface area contributed by atoms with E-state index in [1.807, 2.05) is 6.92 Å². The number of aliphatic carboxylic acids is 1. The molecule has 133 valence electrons. The van der Waals surface area contributed by atoms with Crippen LogP contribution in [0.15, 0.2) is 30.0 Å². The summed E-state index contributed by atoms with van der Waals surface area (Å²) < 4.78 is 0. The van der Waals surface area contributed by atoms with Crippen molar-refractivity contribution in [3.8, 4) is 0 Å². The average molecular weight is 367 g/mol. The SMILES string of the molecule is CCNC(=O)c1cccc(C2=C(C(=O)O)N3C(=O)[C@H]([C@@H](C)O)[C@H]3C2)c1.[Na]. The van der Waals surface area contributed by atoms with E-state index in [0.717, 1.165) is 0 Å². The number of carboxylic acid groups (broad SMARTS) is 1. The van der Waals surface area contributed by atoms with E-state index < -0.39 is 18.0 Å². The fourth-order valence-electron chi connectivity index (χ4n) is 3.64. The van der Waals surface area contributed by atoms with Crippen LogP contribution in [0.3, 0.4) is 0 Å². The Hall–Kier alpha value is -1.67. The molecule has 2 heterocycles. The maximum Gasteiger partial charge on any atom is 0.352 e. The van der Waals surface area contributed by atoms with Crippen molar-refractivity contribution in [3.63, 3.8) is 0 Å². The van der Waals surface area contributed by atoms with E-state index in [9.17, 15) is 24.6 Å². The van der Waals surface area contributed by atoms with E-state index in [1.54, 1.807) is 24.3 Å². The van der Waals surface area contributed by atoms with Crippen LogP contribution in [0.25, 0.3) is 5.57 Å². The molecule has 1 saturated heterocycles. The first kappa shape index (κ1) is 20.6. The second-order valence-electron chi connectivity index (χ2n) is 6.32. The number of carbonyl (C=O) groups is 3. The van der Waals surface area contributed by atoms with Crippen LogP contribution < -0.4 is 5.32 Å². The van der Waals surface area contributed by atoms with Crippen LogP contribution in [0.1, 0.15) is 36.2 Å². The maximum absolute atomic E-state index is 12.2. The van der Waals surface area contributed by atoms with Crippen molar-refractivity contribution >= 4 is 52.9 Å². The van der Waals surface area contributed by atoms with Gasteiger partial charge in [0.2, 0.25) is 5.91 Å². The van der Waals surface area contributed by atoms with Crippen molar-refractivity contribution in [2.24, 2.45) is 5.92 Å². The molecule has 1 aromatic rings. The standard InChI is InChI=1S/C18H20N2O5.Na/c1-3-19-16(22)11-6-4-5-10(7-11)12-8-13-14(9(2)21)17(23)20(13)15(12)18(24)25;/h4-7,9,13-14,21H,3,8H2,1-2H3,(H,19,22)(H,24,25);/t9-,13-,14-;/m1./s1. The summed E-state index contributed by atoms with van der Waals surface area (Å²) in [5.41, 5.74) is 1.50. The molecule has 0 aliphatic carbocycles. The number of β-lactam (4-membered cyclic amide) rings is 1. The number of aliphatic hydroxyl groups excluding tert-OH is 1. The maximum atomic E-state index is 12.2. The molecule has 0 aromatic heterocycles. The number of carbonyl (C=O) groups excluding carboxylic acids is 2. The van der Waals surface area contributed by atoms with E-state index in [1.165, 1.54) is 11.8 Å². The monoisotopic (exact) mass is 367 g/mol. The Bertz CT molecular complexity index is 790. The molecule has 1 radical (unpaired) electrons. The number of benzene rings is 1. The topological polar surface area (TPSA) is 107 Å². The number of rotatable bonds is 5. The molecular weight excluding hydrogens is 347 g/mol. The first-order chi connectivity index (χ1) is 11.9. The second-order valence-corrected chi connectivity index (χ2v) is 6.32. The minimum Gasteiger partial charge on any atom is -0.477 e. The van der Waals surface area contributed by atoms with Gasteiger partial charge in [-0.2, -0.15) is 0 Å². The Morgan fingerprint density at radius 1 is 1.38 bits per heavy atom. The molecule has 3 N–H and O–H groups in total. The zero-order chi connectivity index (χ0) is 18.3. The predicted molar refractivity (Wildman–Crippen MR) is 95.2 cm³/mol. The number of carboxylic acids is 1. The van der Waals surface area contributed by atoms with Crippen LogP contribution in [0, 0.1) is 5.92 Å². The molecule has 7 nitrogen and oxygen atoms in total. The third-order valence-electron chi connectivity index (χ3n) is 4.74. The Labute approximate surface area is 173 Å². The molecule has 0 spiro atoms. The number of nitrogens with zero attached hydrogens (tertiary/aromatic N) is 1. The quantitative estimate of drug-likeness (QED) is 0.518. The molecule has 2 aliphatic heterocycles. The predicted octanol–water partition coefficient (Wildman–Crippen LogP) is 0.463. The Balaban J connectivity index is 0.00000243. The Morgan fingerprint density at radius 2 is 2.08 bits per heavy atom. The number of hydrogen-bond acceptors (Lipinski definition) is 4. The van der Waals surface area contributed by atoms with Gasteiger partial charge in [-0.05, 0) is 43.5 Å². The van der Waals surface area contributed by atoms with Gasteiger partial charge in [0, 0.05) is 41.7 Å². The fraction of sp³-hybridized carbons (Fsp3) is 0.389. The number of nitrogens with one attached hydrogen (secondary N) is 1. The van der Waals surface area contributed by atoms with Gasteiger partial charge in [-0.3, -0.25) is 9.59 Å². The summed E-state index contributed by atoms with van der Waals surface area (Å²) in [5, 5.41) is 22.1. The number of fused-ring (bicyclic) bond motifs is 1. The molecule has 26 heavy (non-hydrogen) atoms. The zero-order valence-corrected chi connectivity index (χ0v) is 17.0. The minimum atomic E-state index is -1.18. The Kier molecular flexibility index (Phi) is 6.29. The van der Waals surface area contributed by atoms with Crippen LogP contribution in [-0.4, -0.2) is 81.1 Å². The van der Waals surface area contributed by atoms with Gasteiger partial charge in [-0.15, -0.1) is 0 Å². The first-order valence-corrected chi connectivity index (χ1v) is 8.23. The van der Waals surface area contributed by atoms with E-state index in [-0.39, 0.29) is 53.1 Å². The first-order valence-electron chi connectivity index (χ1n) is 8.23. The molecule has 2 aliphatic rings. The van der Waals surface area contributed by atoms with E-state index >= 15 is 0 Å². The third kappa shape index (κ3) is 3.32. The molecule has 3 rings (SSSR count). The summed E-state index contributed by atoms with van der Waals surface area (Å²) in [5.74, 6) is -2.37. The second kappa shape index (κ2) is 7.92. The van der Waals surface area contributed by atoms with Crippen LogP contribution in [0.2, 0.25) is 0 Å².